The summed E-state index contributed by atoms with van der Waals surface area (Å²) in [6.07, 6.45) is 3.36. The molecule has 6 nitrogen and oxygen atoms in total. The van der Waals surface area contributed by atoms with Crippen LogP contribution in [0.3, 0.4) is 0 Å². The number of nitrogens with zero attached hydrogens (tertiary/aromatic N) is 4. The highest BCUT2D eigenvalue weighted by Crippen LogP contribution is 2.33. The first-order valence-corrected chi connectivity index (χ1v) is 9.96. The van der Waals surface area contributed by atoms with Gasteiger partial charge in [0.2, 0.25) is 0 Å². The van der Waals surface area contributed by atoms with E-state index in [1.54, 1.807) is 12.4 Å². The third-order valence-electron chi connectivity index (χ3n) is 5.85. The van der Waals surface area contributed by atoms with E-state index < -0.39 is 0 Å². The van der Waals surface area contributed by atoms with Crippen LogP contribution in [-0.2, 0) is 16.1 Å². The number of benzene rings is 1. The van der Waals surface area contributed by atoms with Gasteiger partial charge in [-0.05, 0) is 55.3 Å². The van der Waals surface area contributed by atoms with Gasteiger partial charge < -0.3 is 9.80 Å². The molecule has 6 heteroatoms. The first kappa shape index (κ1) is 19.3. The van der Waals surface area contributed by atoms with Crippen LogP contribution in [0.4, 0.5) is 0 Å². The van der Waals surface area contributed by atoms with Crippen molar-refractivity contribution in [3.05, 3.63) is 70.7 Å². The molecule has 0 atom stereocenters. The fourth-order valence-corrected chi connectivity index (χ4v) is 3.86. The molecular formula is C23H26N4O2. The molecule has 0 N–H and O–H groups in total. The van der Waals surface area contributed by atoms with E-state index in [1.165, 1.54) is 10.5 Å². The zero-order chi connectivity index (χ0) is 20.5. The number of carbonyl (C=O) groups is 2. The van der Waals surface area contributed by atoms with Gasteiger partial charge in [-0.15, -0.1) is 0 Å². The molecule has 0 saturated carbocycles. The Morgan fingerprint density at radius 2 is 1.59 bits per heavy atom. The van der Waals surface area contributed by atoms with Gasteiger partial charge >= 0.3 is 0 Å². The number of pyridine rings is 1. The minimum atomic E-state index is -0.219. The van der Waals surface area contributed by atoms with Gasteiger partial charge in [-0.3, -0.25) is 19.5 Å². The quantitative estimate of drug-likeness (QED) is 0.750. The lowest BCUT2D eigenvalue weighted by molar-refractivity contribution is -0.138. The van der Waals surface area contributed by atoms with Gasteiger partial charge in [0.1, 0.15) is 5.70 Å². The Morgan fingerprint density at radius 1 is 0.897 bits per heavy atom. The van der Waals surface area contributed by atoms with E-state index >= 15 is 0 Å². The zero-order valence-corrected chi connectivity index (χ0v) is 17.2. The number of hydrogen-bond acceptors (Lipinski definition) is 5. The van der Waals surface area contributed by atoms with Crippen molar-refractivity contribution in [1.82, 2.24) is 19.7 Å². The number of piperazine rings is 1. The molecule has 0 aliphatic carbocycles. The third-order valence-corrected chi connectivity index (χ3v) is 5.85. The molecule has 29 heavy (non-hydrogen) atoms. The summed E-state index contributed by atoms with van der Waals surface area (Å²) in [5.74, 6) is -0.423. The second-order valence-corrected chi connectivity index (χ2v) is 7.86. The van der Waals surface area contributed by atoms with Gasteiger partial charge in [-0.2, -0.15) is 0 Å². The maximum atomic E-state index is 13.4. The van der Waals surface area contributed by atoms with Gasteiger partial charge in [0.15, 0.2) is 0 Å². The van der Waals surface area contributed by atoms with Crippen LogP contribution in [0, 0.1) is 13.8 Å². The minimum absolute atomic E-state index is 0.204. The molecule has 0 unspecified atom stereocenters. The molecule has 2 aromatic rings. The lowest BCUT2D eigenvalue weighted by Gasteiger charge is -2.34. The van der Waals surface area contributed by atoms with E-state index in [2.05, 4.69) is 21.8 Å². The average Bonchev–Trinajstić information content (AvgIpc) is 2.96. The van der Waals surface area contributed by atoms with E-state index in [0.29, 0.717) is 11.3 Å². The summed E-state index contributed by atoms with van der Waals surface area (Å²) < 4.78 is 0. The summed E-state index contributed by atoms with van der Waals surface area (Å²) in [5, 5.41) is 0. The largest absolute Gasteiger partial charge is 0.364 e. The van der Waals surface area contributed by atoms with Crippen LogP contribution in [-0.4, -0.2) is 64.7 Å². The van der Waals surface area contributed by atoms with Crippen molar-refractivity contribution in [1.29, 1.82) is 0 Å². The fraction of sp³-hybridized carbons (Fsp3) is 0.348. The van der Waals surface area contributed by atoms with Gasteiger partial charge in [0.05, 0.1) is 12.1 Å². The highest BCUT2D eigenvalue weighted by atomic mass is 16.2. The number of carbonyl (C=O) groups excluding carboxylic acids is 2. The Kier molecular flexibility index (Phi) is 5.20. The van der Waals surface area contributed by atoms with E-state index in [0.717, 1.165) is 42.9 Å². The van der Waals surface area contributed by atoms with Crippen molar-refractivity contribution in [3.8, 4) is 0 Å². The number of rotatable bonds is 4. The van der Waals surface area contributed by atoms with Crippen molar-refractivity contribution < 1.29 is 9.59 Å². The number of imide groups is 1. The average molecular weight is 390 g/mol. The molecule has 3 heterocycles. The van der Waals surface area contributed by atoms with E-state index in [4.69, 9.17) is 0 Å². The monoisotopic (exact) mass is 390 g/mol. The summed E-state index contributed by atoms with van der Waals surface area (Å²) >= 11 is 0. The van der Waals surface area contributed by atoms with Crippen LogP contribution in [0.25, 0.3) is 5.57 Å². The zero-order valence-electron chi connectivity index (χ0n) is 17.2. The molecular weight excluding hydrogens is 364 g/mol. The van der Waals surface area contributed by atoms with Crippen LogP contribution in [0.1, 0.15) is 22.3 Å². The molecule has 2 aliphatic heterocycles. The van der Waals surface area contributed by atoms with E-state index in [-0.39, 0.29) is 18.4 Å². The Hall–Kier alpha value is -2.99. The third kappa shape index (κ3) is 3.68. The molecule has 4 rings (SSSR count). The van der Waals surface area contributed by atoms with Gasteiger partial charge in [-0.1, -0.05) is 18.2 Å². The van der Waals surface area contributed by atoms with Gasteiger partial charge in [-0.25, -0.2) is 0 Å². The first-order valence-electron chi connectivity index (χ1n) is 9.96. The van der Waals surface area contributed by atoms with Gasteiger partial charge in [0.25, 0.3) is 11.8 Å². The van der Waals surface area contributed by atoms with Crippen LogP contribution < -0.4 is 0 Å². The molecule has 150 valence electrons. The smallest absolute Gasteiger partial charge is 0.278 e. The Balaban J connectivity index is 1.75. The van der Waals surface area contributed by atoms with Crippen molar-refractivity contribution in [3.63, 3.8) is 0 Å². The maximum Gasteiger partial charge on any atom is 0.278 e. The summed E-state index contributed by atoms with van der Waals surface area (Å²) in [6.45, 7) is 7.55. The van der Waals surface area contributed by atoms with Crippen molar-refractivity contribution in [2.75, 3.05) is 33.2 Å². The number of amides is 2. The molecule has 1 aromatic heterocycles. The number of aryl methyl sites for hydroxylation is 2. The number of hydrogen-bond donors (Lipinski definition) is 0. The lowest BCUT2D eigenvalue weighted by Crippen LogP contribution is -2.46. The fourth-order valence-electron chi connectivity index (χ4n) is 3.86. The molecule has 0 radical (unpaired) electrons. The van der Waals surface area contributed by atoms with E-state index in [1.807, 2.05) is 44.2 Å². The minimum Gasteiger partial charge on any atom is -0.364 e. The van der Waals surface area contributed by atoms with Crippen LogP contribution in [0.2, 0.25) is 0 Å². The second kappa shape index (κ2) is 7.79. The SMILES string of the molecule is Cc1ccc(C2=C(N3CCN(C)CC3)C(=O)N(Cc3ccncc3)C2=O)cc1C. The van der Waals surface area contributed by atoms with Gasteiger partial charge in [0, 0.05) is 38.6 Å². The molecule has 0 bridgehead atoms. The molecule has 2 amide bonds. The first-order chi connectivity index (χ1) is 14.0. The Labute approximate surface area is 171 Å². The standard InChI is InChI=1S/C23H26N4O2/c1-16-4-5-19(14-17(16)2)20-21(26-12-10-25(3)11-13-26)23(29)27(22(20)28)15-18-6-8-24-9-7-18/h4-9,14H,10-13,15H2,1-3H3. The van der Waals surface area contributed by atoms with Crippen molar-refractivity contribution in [2.45, 2.75) is 20.4 Å². The summed E-state index contributed by atoms with van der Waals surface area (Å²) in [6, 6.07) is 9.66. The highest BCUT2D eigenvalue weighted by molar-refractivity contribution is 6.35. The Bertz CT molecular complexity index is 976. The van der Waals surface area contributed by atoms with Crippen LogP contribution in [0.5, 0.6) is 0 Å². The van der Waals surface area contributed by atoms with Crippen LogP contribution >= 0.6 is 0 Å². The molecule has 2 aliphatic rings. The van der Waals surface area contributed by atoms with E-state index in [9.17, 15) is 9.59 Å². The predicted octanol–water partition coefficient (Wildman–Crippen LogP) is 2.23. The van der Waals surface area contributed by atoms with Crippen molar-refractivity contribution in [2.24, 2.45) is 0 Å². The van der Waals surface area contributed by atoms with Crippen LogP contribution in [0.15, 0.2) is 48.4 Å². The summed E-state index contributed by atoms with van der Waals surface area (Å²) in [7, 11) is 2.08. The predicted molar refractivity (Wildman–Crippen MR) is 112 cm³/mol. The second-order valence-electron chi connectivity index (χ2n) is 7.86. The lowest BCUT2D eigenvalue weighted by atomic mass is 9.99. The topological polar surface area (TPSA) is 56.8 Å². The summed E-state index contributed by atoms with van der Waals surface area (Å²) in [5.41, 5.74) is 5.05. The van der Waals surface area contributed by atoms with Crippen molar-refractivity contribution >= 4 is 17.4 Å². The number of likely N-dealkylation sites (N-methyl/N-ethyl adjacent to an activating group) is 1. The Morgan fingerprint density at radius 3 is 2.24 bits per heavy atom. The normalized spacial score (nSPS) is 18.2. The maximum absolute atomic E-state index is 13.4. The molecule has 1 saturated heterocycles. The summed E-state index contributed by atoms with van der Waals surface area (Å²) in [4.78, 5) is 36.6. The highest BCUT2D eigenvalue weighted by Gasteiger charge is 2.42. The molecule has 0 spiro atoms. The molecule has 1 aromatic carbocycles. The number of aromatic nitrogens is 1. The molecule has 1 fully saturated rings.